The van der Waals surface area contributed by atoms with Gasteiger partial charge in [-0.05, 0) is 54.3 Å². The Kier molecular flexibility index (Phi) is 5.89. The number of Topliss-reactive ketones (excluding diaryl/α,β-unsaturated/α-hetero) is 1. The molecule has 1 aliphatic heterocycles. The SMILES string of the molecule is Cc1ccc(-c2cc(C(=O)CC(C)C)cc(C3=NOC(c4ncccn4)C3)c2)c(F)c1. The number of ketones is 1. The number of carbonyl (C=O) groups excluding carboxylic acids is 1. The highest BCUT2D eigenvalue weighted by atomic mass is 19.1. The average Bonchev–Trinajstić information content (AvgIpc) is 3.24. The van der Waals surface area contributed by atoms with Gasteiger partial charge in [0, 0.05) is 41.9 Å². The van der Waals surface area contributed by atoms with Gasteiger partial charge in [-0.1, -0.05) is 31.1 Å². The fraction of sp³-hybridized carbons (Fsp3) is 0.280. The Labute approximate surface area is 181 Å². The minimum absolute atomic E-state index is 0.0214. The molecule has 5 nitrogen and oxygen atoms in total. The lowest BCUT2D eigenvalue weighted by molar-refractivity contribution is 0.0791. The molecule has 0 spiro atoms. The van der Waals surface area contributed by atoms with Crippen LogP contribution in [-0.2, 0) is 4.84 Å². The Bertz CT molecular complexity index is 1140. The second kappa shape index (κ2) is 8.76. The topological polar surface area (TPSA) is 64.4 Å². The van der Waals surface area contributed by atoms with Crippen molar-refractivity contribution >= 4 is 11.5 Å². The van der Waals surface area contributed by atoms with E-state index < -0.39 is 0 Å². The van der Waals surface area contributed by atoms with Crippen LogP contribution >= 0.6 is 0 Å². The van der Waals surface area contributed by atoms with Gasteiger partial charge < -0.3 is 4.84 Å². The Morgan fingerprint density at radius 1 is 1.13 bits per heavy atom. The molecule has 0 saturated heterocycles. The molecule has 6 heteroatoms. The van der Waals surface area contributed by atoms with E-state index >= 15 is 0 Å². The number of carbonyl (C=O) groups is 1. The third kappa shape index (κ3) is 4.68. The zero-order valence-corrected chi connectivity index (χ0v) is 17.8. The van der Waals surface area contributed by atoms with Crippen LogP contribution in [0.1, 0.15) is 60.1 Å². The lowest BCUT2D eigenvalue weighted by atomic mass is 9.92. The van der Waals surface area contributed by atoms with Crippen LogP contribution < -0.4 is 0 Å². The second-order valence-electron chi connectivity index (χ2n) is 8.25. The molecule has 0 radical (unpaired) electrons. The van der Waals surface area contributed by atoms with Gasteiger partial charge in [-0.25, -0.2) is 14.4 Å². The lowest BCUT2D eigenvalue weighted by Crippen LogP contribution is -2.08. The van der Waals surface area contributed by atoms with Gasteiger partial charge >= 0.3 is 0 Å². The van der Waals surface area contributed by atoms with Crippen molar-refractivity contribution in [2.75, 3.05) is 0 Å². The number of rotatable bonds is 6. The van der Waals surface area contributed by atoms with Crippen LogP contribution in [0.25, 0.3) is 11.1 Å². The van der Waals surface area contributed by atoms with Gasteiger partial charge in [0.2, 0.25) is 0 Å². The number of benzene rings is 2. The van der Waals surface area contributed by atoms with E-state index in [9.17, 15) is 9.18 Å². The molecule has 0 bridgehead atoms. The third-order valence-corrected chi connectivity index (χ3v) is 5.16. The van der Waals surface area contributed by atoms with E-state index in [1.165, 1.54) is 6.07 Å². The molecule has 1 aliphatic rings. The smallest absolute Gasteiger partial charge is 0.192 e. The van der Waals surface area contributed by atoms with Crippen molar-refractivity contribution in [1.82, 2.24) is 9.97 Å². The van der Waals surface area contributed by atoms with E-state index in [4.69, 9.17) is 4.84 Å². The summed E-state index contributed by atoms with van der Waals surface area (Å²) in [4.78, 5) is 26.9. The van der Waals surface area contributed by atoms with Crippen molar-refractivity contribution in [3.05, 3.63) is 83.2 Å². The summed E-state index contributed by atoms with van der Waals surface area (Å²) < 4.78 is 14.7. The molecule has 0 aliphatic carbocycles. The predicted molar refractivity (Wildman–Crippen MR) is 117 cm³/mol. The molecule has 1 unspecified atom stereocenters. The van der Waals surface area contributed by atoms with Crippen molar-refractivity contribution < 1.29 is 14.0 Å². The molecule has 1 atom stereocenters. The van der Waals surface area contributed by atoms with Gasteiger partial charge in [0.15, 0.2) is 17.7 Å². The molecule has 1 aromatic heterocycles. The van der Waals surface area contributed by atoms with Crippen LogP contribution in [0.4, 0.5) is 4.39 Å². The van der Waals surface area contributed by atoms with Gasteiger partial charge in [0.25, 0.3) is 0 Å². The van der Waals surface area contributed by atoms with Crippen LogP contribution in [0.15, 0.2) is 60.0 Å². The van der Waals surface area contributed by atoms with Gasteiger partial charge in [0.1, 0.15) is 5.82 Å². The number of aryl methyl sites for hydroxylation is 1. The Hall–Kier alpha value is -3.41. The maximum atomic E-state index is 14.7. The molecule has 2 heterocycles. The van der Waals surface area contributed by atoms with Gasteiger partial charge in [-0.2, -0.15) is 0 Å². The molecule has 2 aromatic carbocycles. The first kappa shape index (κ1) is 20.8. The molecule has 4 rings (SSSR count). The maximum absolute atomic E-state index is 14.7. The first-order chi connectivity index (χ1) is 14.9. The first-order valence-corrected chi connectivity index (χ1v) is 10.4. The average molecular weight is 417 g/mol. The van der Waals surface area contributed by atoms with Crippen LogP contribution in [-0.4, -0.2) is 21.5 Å². The van der Waals surface area contributed by atoms with Crippen molar-refractivity contribution in [2.45, 2.75) is 39.7 Å². The summed E-state index contributed by atoms with van der Waals surface area (Å²) in [5, 5.41) is 4.23. The number of oxime groups is 1. The Balaban J connectivity index is 1.72. The summed E-state index contributed by atoms with van der Waals surface area (Å²) in [7, 11) is 0. The highest BCUT2D eigenvalue weighted by Crippen LogP contribution is 2.31. The largest absolute Gasteiger partial charge is 0.384 e. The Morgan fingerprint density at radius 2 is 1.87 bits per heavy atom. The monoisotopic (exact) mass is 417 g/mol. The summed E-state index contributed by atoms with van der Waals surface area (Å²) in [5.74, 6) is 0.480. The fourth-order valence-electron chi connectivity index (χ4n) is 3.62. The first-order valence-electron chi connectivity index (χ1n) is 10.4. The lowest BCUT2D eigenvalue weighted by Gasteiger charge is -2.12. The van der Waals surface area contributed by atoms with Crippen LogP contribution in [0.2, 0.25) is 0 Å². The number of halogens is 1. The summed E-state index contributed by atoms with van der Waals surface area (Å²) >= 11 is 0. The number of hydrogen-bond acceptors (Lipinski definition) is 5. The highest BCUT2D eigenvalue weighted by molar-refractivity contribution is 6.05. The van der Waals surface area contributed by atoms with E-state index in [0.717, 1.165) is 11.1 Å². The molecule has 3 aromatic rings. The van der Waals surface area contributed by atoms with Gasteiger partial charge in [-0.3, -0.25) is 4.79 Å². The predicted octanol–water partition coefficient (Wildman–Crippen LogP) is 5.69. The molecule has 0 N–H and O–H groups in total. The second-order valence-corrected chi connectivity index (χ2v) is 8.25. The minimum Gasteiger partial charge on any atom is -0.384 e. The molecule has 31 heavy (non-hydrogen) atoms. The zero-order chi connectivity index (χ0) is 22.0. The zero-order valence-electron chi connectivity index (χ0n) is 17.8. The Morgan fingerprint density at radius 3 is 2.58 bits per heavy atom. The molecule has 0 amide bonds. The van der Waals surface area contributed by atoms with Crippen molar-refractivity contribution in [2.24, 2.45) is 11.1 Å². The number of hydrogen-bond donors (Lipinski definition) is 0. The van der Waals surface area contributed by atoms with E-state index in [-0.39, 0.29) is 23.6 Å². The van der Waals surface area contributed by atoms with Crippen molar-refractivity contribution in [3.8, 4) is 11.1 Å². The van der Waals surface area contributed by atoms with E-state index in [1.807, 2.05) is 39.0 Å². The third-order valence-electron chi connectivity index (χ3n) is 5.16. The summed E-state index contributed by atoms with van der Waals surface area (Å²) in [6, 6.07) is 12.3. The number of nitrogens with zero attached hydrogens (tertiary/aromatic N) is 3. The normalized spacial score (nSPS) is 15.6. The molecule has 158 valence electrons. The summed E-state index contributed by atoms with van der Waals surface area (Å²) in [5.41, 5.74) is 3.90. The van der Waals surface area contributed by atoms with Crippen molar-refractivity contribution in [3.63, 3.8) is 0 Å². The van der Waals surface area contributed by atoms with Crippen LogP contribution in [0.5, 0.6) is 0 Å². The van der Waals surface area contributed by atoms with Gasteiger partial charge in [0.05, 0.1) is 5.71 Å². The summed E-state index contributed by atoms with van der Waals surface area (Å²) in [6.07, 6.45) is 3.83. The van der Waals surface area contributed by atoms with Crippen molar-refractivity contribution in [1.29, 1.82) is 0 Å². The molecule has 0 fully saturated rings. The maximum Gasteiger partial charge on any atom is 0.192 e. The number of aromatic nitrogens is 2. The minimum atomic E-state index is -0.384. The van der Waals surface area contributed by atoms with E-state index in [0.29, 0.717) is 41.1 Å². The molecular formula is C25H24FN3O2. The summed E-state index contributed by atoms with van der Waals surface area (Å²) in [6.45, 7) is 5.85. The van der Waals surface area contributed by atoms with Gasteiger partial charge in [-0.15, -0.1) is 0 Å². The molecular weight excluding hydrogens is 393 g/mol. The fourth-order valence-corrected chi connectivity index (χ4v) is 3.62. The molecule has 0 saturated carbocycles. The quantitative estimate of drug-likeness (QED) is 0.484. The standard InChI is InChI=1S/C25H24FN3O2/c1-15(2)9-23(30)19-12-17(20-6-5-16(3)10-21(20)26)11-18(13-19)22-14-24(31-29-22)25-27-7-4-8-28-25/h4-8,10-13,15,24H,9,14H2,1-3H3. The van der Waals surface area contributed by atoms with E-state index in [1.54, 1.807) is 30.6 Å². The van der Waals surface area contributed by atoms with Crippen LogP contribution in [0, 0.1) is 18.7 Å². The van der Waals surface area contributed by atoms with E-state index in [2.05, 4.69) is 15.1 Å². The van der Waals surface area contributed by atoms with Crippen LogP contribution in [0.3, 0.4) is 0 Å². The highest BCUT2D eigenvalue weighted by Gasteiger charge is 2.27.